The van der Waals surface area contributed by atoms with E-state index in [1.165, 1.54) is 0 Å². The average Bonchev–Trinajstić information content (AvgIpc) is 2.41. The maximum Gasteiger partial charge on any atom is 0.134 e. The van der Waals surface area contributed by atoms with Crippen LogP contribution in [-0.4, -0.2) is 18.2 Å². The van der Waals surface area contributed by atoms with Crippen molar-refractivity contribution >= 4 is 56.7 Å². The summed E-state index contributed by atoms with van der Waals surface area (Å²) >= 11 is 15.2. The fourth-order valence-electron chi connectivity index (χ4n) is 2.52. The molecular formula is C14H12Cl2INO. The number of rotatable bonds is 1. The molecule has 100 valence electrons. The molecule has 1 aromatic carbocycles. The number of benzene rings is 1. The van der Waals surface area contributed by atoms with Crippen LogP contribution in [0.4, 0.5) is 0 Å². The number of pyridine rings is 1. The molecule has 0 bridgehead atoms. The van der Waals surface area contributed by atoms with Crippen molar-refractivity contribution in [2.24, 2.45) is 0 Å². The summed E-state index contributed by atoms with van der Waals surface area (Å²) in [5.41, 5.74) is 1.84. The van der Waals surface area contributed by atoms with Crippen LogP contribution >= 0.6 is 45.8 Å². The largest absolute Gasteiger partial charge is 0.381 e. The second-order valence-corrected chi connectivity index (χ2v) is 6.66. The first-order valence-corrected chi connectivity index (χ1v) is 8.02. The zero-order valence-corrected chi connectivity index (χ0v) is 13.8. The molecule has 0 aliphatic carbocycles. The van der Waals surface area contributed by atoms with Gasteiger partial charge in [-0.25, -0.2) is 4.98 Å². The van der Waals surface area contributed by atoms with Crippen LogP contribution in [0.2, 0.25) is 10.2 Å². The van der Waals surface area contributed by atoms with Crippen LogP contribution in [0.1, 0.15) is 24.3 Å². The number of fused-ring (bicyclic) bond motifs is 1. The predicted octanol–water partition coefficient (Wildman–Crippen LogP) is 5.04. The van der Waals surface area contributed by atoms with Gasteiger partial charge in [-0.15, -0.1) is 0 Å². The molecule has 2 heterocycles. The van der Waals surface area contributed by atoms with Gasteiger partial charge in [-0.1, -0.05) is 23.2 Å². The van der Waals surface area contributed by atoms with E-state index in [1.807, 2.05) is 12.1 Å². The first-order chi connectivity index (χ1) is 9.16. The fourth-order valence-corrected chi connectivity index (χ4v) is 3.79. The smallest absolute Gasteiger partial charge is 0.134 e. The second-order valence-electron chi connectivity index (χ2n) is 4.68. The van der Waals surface area contributed by atoms with Crippen LogP contribution < -0.4 is 0 Å². The molecule has 0 spiro atoms. The predicted molar refractivity (Wildman–Crippen MR) is 87.3 cm³/mol. The Morgan fingerprint density at radius 1 is 1.21 bits per heavy atom. The molecule has 19 heavy (non-hydrogen) atoms. The van der Waals surface area contributed by atoms with Crippen molar-refractivity contribution in [1.29, 1.82) is 0 Å². The van der Waals surface area contributed by atoms with E-state index >= 15 is 0 Å². The van der Waals surface area contributed by atoms with Gasteiger partial charge in [-0.2, -0.15) is 0 Å². The SMILES string of the molecule is Clc1nc2ccc(I)cc2c(Cl)c1C1CCOCC1. The van der Waals surface area contributed by atoms with Gasteiger partial charge in [0.25, 0.3) is 0 Å². The zero-order chi connectivity index (χ0) is 13.4. The minimum atomic E-state index is 0.350. The van der Waals surface area contributed by atoms with Crippen molar-refractivity contribution in [2.75, 3.05) is 13.2 Å². The normalized spacial score (nSPS) is 17.0. The summed E-state index contributed by atoms with van der Waals surface area (Å²) in [5, 5.41) is 2.27. The molecule has 5 heteroatoms. The van der Waals surface area contributed by atoms with Gasteiger partial charge < -0.3 is 4.74 Å². The Morgan fingerprint density at radius 3 is 2.68 bits per heavy atom. The van der Waals surface area contributed by atoms with Crippen LogP contribution in [0.15, 0.2) is 18.2 Å². The van der Waals surface area contributed by atoms with E-state index in [0.29, 0.717) is 11.1 Å². The molecule has 0 amide bonds. The Morgan fingerprint density at radius 2 is 1.95 bits per heavy atom. The average molecular weight is 408 g/mol. The van der Waals surface area contributed by atoms with Crippen molar-refractivity contribution < 1.29 is 4.74 Å². The maximum absolute atomic E-state index is 6.58. The zero-order valence-electron chi connectivity index (χ0n) is 10.1. The van der Waals surface area contributed by atoms with Gasteiger partial charge >= 0.3 is 0 Å². The highest BCUT2D eigenvalue weighted by molar-refractivity contribution is 14.1. The van der Waals surface area contributed by atoms with Gasteiger partial charge in [0, 0.05) is 27.7 Å². The molecule has 0 saturated carbocycles. The fraction of sp³-hybridized carbons (Fsp3) is 0.357. The third-order valence-corrected chi connectivity index (χ3v) is 4.87. The lowest BCUT2D eigenvalue weighted by Crippen LogP contribution is -2.15. The van der Waals surface area contributed by atoms with Crippen LogP contribution in [0, 0.1) is 3.57 Å². The number of ether oxygens (including phenoxy) is 1. The lowest BCUT2D eigenvalue weighted by molar-refractivity contribution is 0.0853. The van der Waals surface area contributed by atoms with Crippen molar-refractivity contribution in [3.63, 3.8) is 0 Å². The standard InChI is InChI=1S/C14H12Cl2INO/c15-13-10-7-9(17)1-2-11(10)18-14(16)12(13)8-3-5-19-6-4-8/h1-2,7-8H,3-6H2. The van der Waals surface area contributed by atoms with Crippen molar-refractivity contribution in [3.05, 3.63) is 37.5 Å². The number of aromatic nitrogens is 1. The highest BCUT2D eigenvalue weighted by atomic mass is 127. The van der Waals surface area contributed by atoms with E-state index in [9.17, 15) is 0 Å². The minimum absolute atomic E-state index is 0.350. The third kappa shape index (κ3) is 2.71. The molecule has 1 saturated heterocycles. The first-order valence-electron chi connectivity index (χ1n) is 6.18. The van der Waals surface area contributed by atoms with Gasteiger partial charge in [0.05, 0.1) is 10.5 Å². The minimum Gasteiger partial charge on any atom is -0.381 e. The summed E-state index contributed by atoms with van der Waals surface area (Å²) in [5.74, 6) is 0.350. The third-order valence-electron chi connectivity index (χ3n) is 3.50. The summed E-state index contributed by atoms with van der Waals surface area (Å²) < 4.78 is 6.55. The second kappa shape index (κ2) is 5.72. The van der Waals surface area contributed by atoms with Gasteiger partial charge in [0.15, 0.2) is 0 Å². The summed E-state index contributed by atoms with van der Waals surface area (Å²) in [4.78, 5) is 4.49. The van der Waals surface area contributed by atoms with E-state index in [0.717, 1.165) is 51.1 Å². The van der Waals surface area contributed by atoms with Gasteiger partial charge in [-0.05, 0) is 59.5 Å². The van der Waals surface area contributed by atoms with Crippen molar-refractivity contribution in [2.45, 2.75) is 18.8 Å². The van der Waals surface area contributed by atoms with Crippen LogP contribution in [-0.2, 0) is 4.74 Å². The quantitative estimate of drug-likeness (QED) is 0.488. The molecule has 2 nitrogen and oxygen atoms in total. The molecule has 0 radical (unpaired) electrons. The molecule has 1 fully saturated rings. The topological polar surface area (TPSA) is 22.1 Å². The number of hydrogen-bond donors (Lipinski definition) is 0. The Bertz CT molecular complexity index is 626. The first kappa shape index (κ1) is 13.9. The number of nitrogens with zero attached hydrogens (tertiary/aromatic N) is 1. The van der Waals surface area contributed by atoms with E-state index in [1.54, 1.807) is 0 Å². The molecule has 1 aliphatic heterocycles. The van der Waals surface area contributed by atoms with Gasteiger partial charge in [-0.3, -0.25) is 0 Å². The highest BCUT2D eigenvalue weighted by Gasteiger charge is 2.23. The van der Waals surface area contributed by atoms with Crippen LogP contribution in [0.25, 0.3) is 10.9 Å². The van der Waals surface area contributed by atoms with Crippen LogP contribution in [0.3, 0.4) is 0 Å². The monoisotopic (exact) mass is 407 g/mol. The van der Waals surface area contributed by atoms with Gasteiger partial charge in [0.1, 0.15) is 5.15 Å². The molecule has 3 rings (SSSR count). The molecule has 0 unspecified atom stereocenters. The molecule has 2 aromatic rings. The lowest BCUT2D eigenvalue weighted by atomic mass is 9.92. The number of halogens is 3. The van der Waals surface area contributed by atoms with Crippen LogP contribution in [0.5, 0.6) is 0 Å². The van der Waals surface area contributed by atoms with E-state index in [2.05, 4.69) is 33.6 Å². The maximum atomic E-state index is 6.58. The molecule has 1 aromatic heterocycles. The summed E-state index contributed by atoms with van der Waals surface area (Å²) in [6.45, 7) is 1.53. The van der Waals surface area contributed by atoms with Crippen molar-refractivity contribution in [1.82, 2.24) is 4.98 Å². The summed E-state index contributed by atoms with van der Waals surface area (Å²) in [6, 6.07) is 6.03. The van der Waals surface area contributed by atoms with E-state index < -0.39 is 0 Å². The highest BCUT2D eigenvalue weighted by Crippen LogP contribution is 2.40. The van der Waals surface area contributed by atoms with Crippen molar-refractivity contribution in [3.8, 4) is 0 Å². The summed E-state index contributed by atoms with van der Waals surface area (Å²) in [7, 11) is 0. The molecule has 0 N–H and O–H groups in total. The van der Waals surface area contributed by atoms with E-state index in [-0.39, 0.29) is 0 Å². The lowest BCUT2D eigenvalue weighted by Gasteiger charge is -2.24. The Balaban J connectivity index is 2.17. The van der Waals surface area contributed by atoms with Gasteiger partial charge in [0.2, 0.25) is 0 Å². The Hall–Kier alpha value is -0.100. The molecule has 1 aliphatic rings. The molecular weight excluding hydrogens is 396 g/mol. The molecule has 0 atom stereocenters. The summed E-state index contributed by atoms with van der Waals surface area (Å²) in [6.07, 6.45) is 1.91. The Labute approximate surface area is 135 Å². The van der Waals surface area contributed by atoms with E-state index in [4.69, 9.17) is 27.9 Å². The number of hydrogen-bond acceptors (Lipinski definition) is 2. The Kier molecular flexibility index (Phi) is 4.17.